The van der Waals surface area contributed by atoms with E-state index in [-0.39, 0.29) is 11.3 Å². The Kier molecular flexibility index (Phi) is 2.96. The number of aryl methyl sites for hydroxylation is 1. The number of nitrogen functional groups attached to an aromatic ring is 1. The second-order valence-electron chi connectivity index (χ2n) is 3.13. The Labute approximate surface area is 82.0 Å². The van der Waals surface area contributed by atoms with Crippen LogP contribution >= 0.6 is 0 Å². The Bertz CT molecular complexity index is 361. The normalized spacial score (nSPS) is 10.1. The number of carboxylic acid groups (broad SMARTS) is 1. The van der Waals surface area contributed by atoms with Crippen LogP contribution in [0.15, 0.2) is 12.1 Å². The highest BCUT2D eigenvalue weighted by Crippen LogP contribution is 2.26. The van der Waals surface area contributed by atoms with Crippen molar-refractivity contribution in [3.05, 3.63) is 23.3 Å². The molecule has 0 aliphatic rings. The first-order valence-electron chi connectivity index (χ1n) is 4.41. The predicted octanol–water partition coefficient (Wildman–Crippen LogP) is 1.63. The van der Waals surface area contributed by atoms with Gasteiger partial charge in [0.25, 0.3) is 0 Å². The van der Waals surface area contributed by atoms with Crippen LogP contribution in [0.2, 0.25) is 0 Å². The van der Waals surface area contributed by atoms with E-state index in [4.69, 9.17) is 10.8 Å². The van der Waals surface area contributed by atoms with E-state index < -0.39 is 5.97 Å². The minimum atomic E-state index is -1.16. The van der Waals surface area contributed by atoms with Gasteiger partial charge >= 0.3 is 5.97 Å². The maximum Gasteiger partial charge on any atom is 0.339 e. The van der Waals surface area contributed by atoms with E-state index in [0.29, 0.717) is 17.7 Å². The predicted molar refractivity (Wildman–Crippen MR) is 53.5 cm³/mol. The summed E-state index contributed by atoms with van der Waals surface area (Å²) in [6, 6.07) is 2.86. The average molecular weight is 195 g/mol. The highest BCUT2D eigenvalue weighted by atomic mass is 16.4. The van der Waals surface area contributed by atoms with Gasteiger partial charge in [-0.05, 0) is 24.1 Å². The zero-order chi connectivity index (χ0) is 10.7. The number of phenols is 1. The van der Waals surface area contributed by atoms with Crippen LogP contribution < -0.4 is 5.73 Å². The van der Waals surface area contributed by atoms with Crippen molar-refractivity contribution < 1.29 is 15.0 Å². The average Bonchev–Trinajstić information content (AvgIpc) is 2.10. The van der Waals surface area contributed by atoms with Gasteiger partial charge in [0.15, 0.2) is 0 Å². The summed E-state index contributed by atoms with van der Waals surface area (Å²) in [6.45, 7) is 1.95. The fourth-order valence-corrected chi connectivity index (χ4v) is 1.34. The molecule has 0 aliphatic heterocycles. The molecule has 1 aromatic rings. The zero-order valence-corrected chi connectivity index (χ0v) is 7.95. The topological polar surface area (TPSA) is 83.6 Å². The minimum absolute atomic E-state index is 0.131. The lowest BCUT2D eigenvalue weighted by atomic mass is 10.0. The monoisotopic (exact) mass is 195 g/mol. The molecule has 0 spiro atoms. The Morgan fingerprint density at radius 2 is 2.14 bits per heavy atom. The lowest BCUT2D eigenvalue weighted by Gasteiger charge is -2.07. The van der Waals surface area contributed by atoms with Gasteiger partial charge in [0.2, 0.25) is 0 Å². The smallest absolute Gasteiger partial charge is 0.339 e. The molecule has 4 nitrogen and oxygen atoms in total. The molecule has 0 heterocycles. The molecule has 0 aliphatic carbocycles. The second kappa shape index (κ2) is 4.00. The van der Waals surface area contributed by atoms with Gasteiger partial charge in [-0.1, -0.05) is 13.3 Å². The molecule has 0 unspecified atom stereocenters. The molecule has 0 saturated carbocycles. The maximum absolute atomic E-state index is 10.7. The van der Waals surface area contributed by atoms with E-state index in [9.17, 15) is 9.90 Å². The molecule has 4 heteroatoms. The third-order valence-corrected chi connectivity index (χ3v) is 1.96. The Hall–Kier alpha value is -1.71. The quantitative estimate of drug-likeness (QED) is 0.505. The Balaban J connectivity index is 3.24. The number of benzene rings is 1. The van der Waals surface area contributed by atoms with Crippen molar-refractivity contribution in [3.63, 3.8) is 0 Å². The number of aromatic hydroxyl groups is 1. The number of nitrogens with two attached hydrogens (primary N) is 1. The Morgan fingerprint density at radius 3 is 2.64 bits per heavy atom. The number of aromatic carboxylic acids is 1. The van der Waals surface area contributed by atoms with Crippen LogP contribution in [0, 0.1) is 0 Å². The second-order valence-corrected chi connectivity index (χ2v) is 3.13. The highest BCUT2D eigenvalue weighted by Gasteiger charge is 2.13. The van der Waals surface area contributed by atoms with E-state index in [1.165, 1.54) is 6.07 Å². The number of rotatable bonds is 3. The maximum atomic E-state index is 10.7. The van der Waals surface area contributed by atoms with Crippen molar-refractivity contribution in [1.82, 2.24) is 0 Å². The van der Waals surface area contributed by atoms with Crippen LogP contribution in [0.1, 0.15) is 29.3 Å². The van der Waals surface area contributed by atoms with Crippen molar-refractivity contribution in [2.45, 2.75) is 19.8 Å². The highest BCUT2D eigenvalue weighted by molar-refractivity contribution is 5.92. The van der Waals surface area contributed by atoms with Crippen molar-refractivity contribution in [3.8, 4) is 5.75 Å². The van der Waals surface area contributed by atoms with Crippen molar-refractivity contribution >= 4 is 11.7 Å². The Morgan fingerprint density at radius 1 is 1.50 bits per heavy atom. The molecule has 0 bridgehead atoms. The van der Waals surface area contributed by atoms with E-state index >= 15 is 0 Å². The minimum Gasteiger partial charge on any atom is -0.507 e. The molecule has 14 heavy (non-hydrogen) atoms. The third-order valence-electron chi connectivity index (χ3n) is 1.96. The molecule has 1 aromatic carbocycles. The van der Waals surface area contributed by atoms with Gasteiger partial charge in [0.05, 0.1) is 0 Å². The summed E-state index contributed by atoms with van der Waals surface area (Å²) in [5.41, 5.74) is 6.34. The first-order valence-corrected chi connectivity index (χ1v) is 4.41. The standard InChI is InChI=1S/C10H13NO3/c1-2-3-6-4-7(11)5-8(9(6)12)10(13)14/h4-5,12H,2-3,11H2,1H3,(H,13,14). The summed E-state index contributed by atoms with van der Waals surface area (Å²) >= 11 is 0. The van der Waals surface area contributed by atoms with Gasteiger partial charge in [-0.25, -0.2) is 4.79 Å². The van der Waals surface area contributed by atoms with Gasteiger partial charge in [-0.2, -0.15) is 0 Å². The van der Waals surface area contributed by atoms with Gasteiger partial charge in [0.1, 0.15) is 11.3 Å². The molecular formula is C10H13NO3. The fourth-order valence-electron chi connectivity index (χ4n) is 1.34. The molecule has 0 fully saturated rings. The van der Waals surface area contributed by atoms with Gasteiger partial charge < -0.3 is 15.9 Å². The van der Waals surface area contributed by atoms with E-state index in [1.54, 1.807) is 6.07 Å². The van der Waals surface area contributed by atoms with Crippen LogP contribution in [0.5, 0.6) is 5.75 Å². The van der Waals surface area contributed by atoms with Crippen molar-refractivity contribution in [1.29, 1.82) is 0 Å². The van der Waals surface area contributed by atoms with Crippen molar-refractivity contribution in [2.24, 2.45) is 0 Å². The summed E-state index contributed by atoms with van der Waals surface area (Å²) in [4.78, 5) is 10.7. The number of hydrogen-bond donors (Lipinski definition) is 3. The molecule has 76 valence electrons. The number of carboxylic acids is 1. The number of anilines is 1. The van der Waals surface area contributed by atoms with Crippen LogP contribution in [0.4, 0.5) is 5.69 Å². The van der Waals surface area contributed by atoms with Crippen LogP contribution in [-0.2, 0) is 6.42 Å². The lowest BCUT2D eigenvalue weighted by molar-refractivity contribution is 0.0693. The number of carbonyl (C=O) groups is 1. The van der Waals surface area contributed by atoms with E-state index in [2.05, 4.69) is 0 Å². The summed E-state index contributed by atoms with van der Waals surface area (Å²) in [5.74, 6) is -1.33. The lowest BCUT2D eigenvalue weighted by Crippen LogP contribution is -2.01. The molecule has 0 atom stereocenters. The largest absolute Gasteiger partial charge is 0.507 e. The first-order chi connectivity index (χ1) is 6.56. The fraction of sp³-hybridized carbons (Fsp3) is 0.300. The first kappa shape index (κ1) is 10.4. The molecule has 0 radical (unpaired) electrons. The molecule has 0 amide bonds. The van der Waals surface area contributed by atoms with Crippen LogP contribution in [-0.4, -0.2) is 16.2 Å². The van der Waals surface area contributed by atoms with Gasteiger partial charge in [-0.15, -0.1) is 0 Å². The summed E-state index contributed by atoms with van der Waals surface area (Å²) < 4.78 is 0. The number of hydrogen-bond acceptors (Lipinski definition) is 3. The SMILES string of the molecule is CCCc1cc(N)cc(C(=O)O)c1O. The van der Waals surface area contributed by atoms with Gasteiger partial charge in [-0.3, -0.25) is 0 Å². The summed E-state index contributed by atoms with van der Waals surface area (Å²) in [5, 5.41) is 18.3. The van der Waals surface area contributed by atoms with Crippen LogP contribution in [0.3, 0.4) is 0 Å². The summed E-state index contributed by atoms with van der Waals surface area (Å²) in [6.07, 6.45) is 1.45. The molecule has 4 N–H and O–H groups in total. The molecule has 1 rings (SSSR count). The van der Waals surface area contributed by atoms with Gasteiger partial charge in [0, 0.05) is 5.69 Å². The van der Waals surface area contributed by atoms with E-state index in [1.807, 2.05) is 6.92 Å². The third kappa shape index (κ3) is 1.96. The zero-order valence-electron chi connectivity index (χ0n) is 7.95. The molecule has 0 aromatic heterocycles. The molecule has 0 saturated heterocycles. The van der Waals surface area contributed by atoms with Crippen molar-refractivity contribution in [2.75, 3.05) is 5.73 Å². The van der Waals surface area contributed by atoms with E-state index in [0.717, 1.165) is 6.42 Å². The molecular weight excluding hydrogens is 182 g/mol. The summed E-state index contributed by atoms with van der Waals surface area (Å²) in [7, 11) is 0. The van der Waals surface area contributed by atoms with Crippen LogP contribution in [0.25, 0.3) is 0 Å².